The van der Waals surface area contributed by atoms with Crippen molar-refractivity contribution in [3.63, 3.8) is 0 Å². The first-order valence-corrected chi connectivity index (χ1v) is 10.2. The molecule has 7 nitrogen and oxygen atoms in total. The largest absolute Gasteiger partial charge is 0.497 e. The molecule has 7 heteroatoms. The van der Waals surface area contributed by atoms with E-state index < -0.39 is 0 Å². The number of nitrogens with zero attached hydrogens (tertiary/aromatic N) is 1. The Labute approximate surface area is 182 Å². The molecule has 0 unspecified atom stereocenters. The zero-order chi connectivity index (χ0) is 22.4. The van der Waals surface area contributed by atoms with Crippen LogP contribution in [0.3, 0.4) is 0 Å². The van der Waals surface area contributed by atoms with Gasteiger partial charge in [0.15, 0.2) is 0 Å². The normalized spacial score (nSPS) is 13.9. The molecule has 0 saturated heterocycles. The lowest BCUT2D eigenvalue weighted by molar-refractivity contribution is -0.137. The van der Waals surface area contributed by atoms with E-state index in [0.717, 1.165) is 0 Å². The average molecular weight is 424 g/mol. The predicted molar refractivity (Wildman–Crippen MR) is 119 cm³/mol. The second kappa shape index (κ2) is 10.1. The van der Waals surface area contributed by atoms with Gasteiger partial charge < -0.3 is 19.5 Å². The third-order valence-electron chi connectivity index (χ3n) is 4.88. The van der Waals surface area contributed by atoms with Crippen LogP contribution < -0.4 is 14.8 Å². The molecular weight excluding hydrogens is 396 g/mol. The number of nitrogens with one attached hydrogen (secondary N) is 1. The maximum Gasteiger partial charge on any atom is 0.278 e. The fourth-order valence-electron chi connectivity index (χ4n) is 3.36. The van der Waals surface area contributed by atoms with E-state index in [1.54, 1.807) is 43.5 Å². The Bertz CT molecular complexity index is 966. The van der Waals surface area contributed by atoms with Gasteiger partial charge in [-0.1, -0.05) is 18.2 Å². The predicted octanol–water partition coefficient (Wildman–Crippen LogP) is 3.71. The highest BCUT2D eigenvalue weighted by atomic mass is 16.5. The molecule has 0 radical (unpaired) electrons. The van der Waals surface area contributed by atoms with Gasteiger partial charge in [0.05, 0.1) is 25.9 Å². The maximum atomic E-state index is 13.3. The number of ether oxygens (including phenoxy) is 3. The number of benzene rings is 2. The summed E-state index contributed by atoms with van der Waals surface area (Å²) in [5, 5.41) is 3.14. The lowest BCUT2D eigenvalue weighted by atomic mass is 10.0. The molecule has 1 N–H and O–H groups in total. The van der Waals surface area contributed by atoms with Crippen LogP contribution in [0.4, 0.5) is 5.69 Å². The first-order chi connectivity index (χ1) is 15.0. The van der Waals surface area contributed by atoms with E-state index in [9.17, 15) is 9.59 Å². The summed E-state index contributed by atoms with van der Waals surface area (Å²) in [7, 11) is 3.13. The third kappa shape index (κ3) is 5.06. The lowest BCUT2D eigenvalue weighted by Crippen LogP contribution is -2.34. The van der Waals surface area contributed by atoms with E-state index in [-0.39, 0.29) is 30.2 Å². The summed E-state index contributed by atoms with van der Waals surface area (Å²) >= 11 is 0. The van der Waals surface area contributed by atoms with Crippen molar-refractivity contribution in [3.8, 4) is 11.5 Å². The summed E-state index contributed by atoms with van der Waals surface area (Å²) in [5.74, 6) is 0.504. The van der Waals surface area contributed by atoms with Crippen LogP contribution in [-0.2, 0) is 14.3 Å². The van der Waals surface area contributed by atoms with E-state index >= 15 is 0 Å². The van der Waals surface area contributed by atoms with Gasteiger partial charge in [0.25, 0.3) is 11.8 Å². The maximum absolute atomic E-state index is 13.3. The van der Waals surface area contributed by atoms with Crippen LogP contribution in [0.15, 0.2) is 54.2 Å². The lowest BCUT2D eigenvalue weighted by Gasteiger charge is -2.16. The summed E-state index contributed by atoms with van der Waals surface area (Å²) in [6.45, 7) is 4.64. The molecule has 31 heavy (non-hydrogen) atoms. The van der Waals surface area contributed by atoms with Crippen LogP contribution in [-0.4, -0.2) is 50.2 Å². The Morgan fingerprint density at radius 3 is 2.29 bits per heavy atom. The van der Waals surface area contributed by atoms with Crippen molar-refractivity contribution >= 4 is 23.1 Å². The fraction of sp³-hybridized carbons (Fsp3) is 0.333. The summed E-state index contributed by atoms with van der Waals surface area (Å²) in [6.07, 6.45) is 0.657. The molecule has 3 rings (SSSR count). The molecule has 164 valence electrons. The van der Waals surface area contributed by atoms with Crippen LogP contribution >= 0.6 is 0 Å². The number of carbonyl (C=O) groups excluding carboxylic acids is 2. The number of methoxy groups -OCH3 is 2. The Morgan fingerprint density at radius 1 is 0.935 bits per heavy atom. The molecule has 0 saturated carbocycles. The fourth-order valence-corrected chi connectivity index (χ4v) is 3.36. The molecule has 2 amide bonds. The number of rotatable bonds is 10. The third-order valence-corrected chi connectivity index (χ3v) is 4.88. The Morgan fingerprint density at radius 2 is 1.65 bits per heavy atom. The van der Waals surface area contributed by atoms with E-state index in [2.05, 4.69) is 5.32 Å². The topological polar surface area (TPSA) is 77.1 Å². The van der Waals surface area contributed by atoms with Crippen LogP contribution in [0, 0.1) is 0 Å². The smallest absolute Gasteiger partial charge is 0.278 e. The monoisotopic (exact) mass is 424 g/mol. The van der Waals surface area contributed by atoms with Crippen LogP contribution in [0.25, 0.3) is 5.57 Å². The van der Waals surface area contributed by atoms with Gasteiger partial charge in [0.1, 0.15) is 17.2 Å². The SMILES string of the molecule is COc1ccc(NC2=C(c3ccccc3OC)C(=O)N(CCCOC(C)C)C2=O)cc1. The molecule has 1 heterocycles. The number of hydrogen-bond donors (Lipinski definition) is 1. The van der Waals surface area contributed by atoms with Crippen molar-refractivity contribution in [1.29, 1.82) is 0 Å². The molecule has 1 aliphatic heterocycles. The van der Waals surface area contributed by atoms with Gasteiger partial charge in [0.2, 0.25) is 0 Å². The summed E-state index contributed by atoms with van der Waals surface area (Å²) in [4.78, 5) is 27.8. The van der Waals surface area contributed by atoms with E-state index in [4.69, 9.17) is 14.2 Å². The number of imide groups is 1. The zero-order valence-corrected chi connectivity index (χ0v) is 18.3. The van der Waals surface area contributed by atoms with Crippen molar-refractivity contribution in [2.45, 2.75) is 26.4 Å². The van der Waals surface area contributed by atoms with E-state index in [0.29, 0.717) is 41.4 Å². The van der Waals surface area contributed by atoms with Gasteiger partial charge in [-0.2, -0.15) is 0 Å². The summed E-state index contributed by atoms with van der Waals surface area (Å²) in [6, 6.07) is 14.3. The Kier molecular flexibility index (Phi) is 7.31. The highest BCUT2D eigenvalue weighted by molar-refractivity contribution is 6.37. The van der Waals surface area contributed by atoms with Crippen LogP contribution in [0.1, 0.15) is 25.8 Å². The van der Waals surface area contributed by atoms with Crippen molar-refractivity contribution in [3.05, 3.63) is 59.8 Å². The second-order valence-electron chi connectivity index (χ2n) is 7.34. The Hall–Kier alpha value is -3.32. The number of para-hydroxylation sites is 1. The first-order valence-electron chi connectivity index (χ1n) is 10.2. The highest BCUT2D eigenvalue weighted by Crippen LogP contribution is 2.35. The number of amides is 2. The molecule has 0 spiro atoms. The molecule has 0 fully saturated rings. The van der Waals surface area contributed by atoms with Gasteiger partial charge in [-0.05, 0) is 50.6 Å². The van der Waals surface area contributed by atoms with Crippen molar-refractivity contribution < 1.29 is 23.8 Å². The molecule has 0 bridgehead atoms. The number of hydrogen-bond acceptors (Lipinski definition) is 6. The van der Waals surface area contributed by atoms with Crippen molar-refractivity contribution in [2.75, 3.05) is 32.7 Å². The van der Waals surface area contributed by atoms with Gasteiger partial charge >= 0.3 is 0 Å². The van der Waals surface area contributed by atoms with E-state index in [1.807, 2.05) is 26.0 Å². The average Bonchev–Trinajstić information content (AvgIpc) is 3.00. The van der Waals surface area contributed by atoms with E-state index in [1.165, 1.54) is 12.0 Å². The van der Waals surface area contributed by atoms with Gasteiger partial charge in [0, 0.05) is 24.4 Å². The van der Waals surface area contributed by atoms with Crippen LogP contribution in [0.2, 0.25) is 0 Å². The minimum atomic E-state index is -0.369. The van der Waals surface area contributed by atoms with Crippen molar-refractivity contribution in [2.24, 2.45) is 0 Å². The molecule has 0 atom stereocenters. The minimum absolute atomic E-state index is 0.0968. The molecule has 2 aromatic carbocycles. The second-order valence-corrected chi connectivity index (χ2v) is 7.34. The summed E-state index contributed by atoms with van der Waals surface area (Å²) < 4.78 is 16.2. The summed E-state index contributed by atoms with van der Waals surface area (Å²) in [5.41, 5.74) is 1.77. The van der Waals surface area contributed by atoms with Gasteiger partial charge in [-0.15, -0.1) is 0 Å². The quantitative estimate of drug-likeness (QED) is 0.463. The molecule has 0 aliphatic carbocycles. The standard InChI is InChI=1S/C24H28N2O5/c1-16(2)31-15-7-14-26-23(27)21(19-8-5-6-9-20(19)30-4)22(24(26)28)25-17-10-12-18(29-3)13-11-17/h5-6,8-13,16,25H,7,14-15H2,1-4H3. The molecular formula is C24H28N2O5. The molecule has 2 aromatic rings. The molecule has 1 aliphatic rings. The molecule has 0 aromatic heterocycles. The highest BCUT2D eigenvalue weighted by Gasteiger charge is 2.39. The van der Waals surface area contributed by atoms with Gasteiger partial charge in [-0.25, -0.2) is 0 Å². The first kappa shape index (κ1) is 22.4. The van der Waals surface area contributed by atoms with Gasteiger partial charge in [-0.3, -0.25) is 14.5 Å². The number of carbonyl (C=O) groups is 2. The Balaban J connectivity index is 1.94. The minimum Gasteiger partial charge on any atom is -0.497 e. The zero-order valence-electron chi connectivity index (χ0n) is 18.3. The number of anilines is 1. The van der Waals surface area contributed by atoms with Crippen molar-refractivity contribution in [1.82, 2.24) is 4.90 Å². The van der Waals surface area contributed by atoms with Crippen LogP contribution in [0.5, 0.6) is 11.5 Å².